The number of nitrogens with one attached hydrogen (secondary N) is 2. The molecule has 0 aliphatic carbocycles. The first-order chi connectivity index (χ1) is 16.8. The van der Waals surface area contributed by atoms with Gasteiger partial charge < -0.3 is 24.8 Å². The fourth-order valence-corrected chi connectivity index (χ4v) is 4.78. The lowest BCUT2D eigenvalue weighted by Gasteiger charge is -2.33. The SMILES string of the molecule is Cc1cc2c(F)c(Oc3nc(Nc4ncc(C(C)C)s4)cc(N4CCN(C)CC4)n3)c(F)cc2[nH]1. The number of piperazine rings is 1. The fraction of sp³-hybridized carbons (Fsp3) is 0.375. The van der Waals surface area contributed by atoms with Crippen molar-refractivity contribution < 1.29 is 13.5 Å². The topological polar surface area (TPSA) is 82.2 Å². The van der Waals surface area contributed by atoms with Gasteiger partial charge in [0, 0.05) is 60.5 Å². The van der Waals surface area contributed by atoms with Gasteiger partial charge in [-0.05, 0) is 26.0 Å². The Balaban J connectivity index is 1.51. The first-order valence-electron chi connectivity index (χ1n) is 11.5. The summed E-state index contributed by atoms with van der Waals surface area (Å²) in [6, 6.07) is 4.49. The highest BCUT2D eigenvalue weighted by molar-refractivity contribution is 7.15. The summed E-state index contributed by atoms with van der Waals surface area (Å²) in [5.74, 6) is -0.755. The molecule has 2 N–H and O–H groups in total. The van der Waals surface area contributed by atoms with Gasteiger partial charge in [0.2, 0.25) is 5.75 Å². The lowest BCUT2D eigenvalue weighted by atomic mass is 10.2. The van der Waals surface area contributed by atoms with E-state index in [2.05, 4.69) is 55.9 Å². The van der Waals surface area contributed by atoms with Crippen molar-refractivity contribution in [2.24, 2.45) is 0 Å². The zero-order chi connectivity index (χ0) is 24.7. The number of rotatable bonds is 6. The van der Waals surface area contributed by atoms with Crippen molar-refractivity contribution in [3.05, 3.63) is 46.6 Å². The molecule has 1 aliphatic rings. The maximum Gasteiger partial charge on any atom is 0.326 e. The van der Waals surface area contributed by atoms with Crippen LogP contribution in [0, 0.1) is 18.6 Å². The van der Waals surface area contributed by atoms with Gasteiger partial charge in [-0.2, -0.15) is 9.97 Å². The van der Waals surface area contributed by atoms with Gasteiger partial charge >= 0.3 is 6.01 Å². The van der Waals surface area contributed by atoms with Crippen molar-refractivity contribution in [3.63, 3.8) is 0 Å². The van der Waals surface area contributed by atoms with Crippen LogP contribution in [-0.4, -0.2) is 58.1 Å². The number of aromatic nitrogens is 4. The molecular formula is C24H27F2N7OS. The van der Waals surface area contributed by atoms with Gasteiger partial charge in [0.25, 0.3) is 0 Å². The number of ether oxygens (including phenoxy) is 1. The molecule has 0 spiro atoms. The van der Waals surface area contributed by atoms with E-state index in [1.807, 2.05) is 6.20 Å². The van der Waals surface area contributed by atoms with E-state index in [9.17, 15) is 4.39 Å². The first-order valence-corrected chi connectivity index (χ1v) is 12.3. The second-order valence-corrected chi connectivity index (χ2v) is 10.1. The maximum atomic E-state index is 15.2. The van der Waals surface area contributed by atoms with Crippen LogP contribution in [0.2, 0.25) is 0 Å². The van der Waals surface area contributed by atoms with E-state index in [0.717, 1.165) is 36.8 Å². The van der Waals surface area contributed by atoms with E-state index < -0.39 is 17.4 Å². The molecule has 184 valence electrons. The molecule has 8 nitrogen and oxygen atoms in total. The lowest BCUT2D eigenvalue weighted by molar-refractivity contribution is 0.311. The molecule has 3 aromatic heterocycles. The summed E-state index contributed by atoms with van der Waals surface area (Å²) in [4.78, 5) is 21.7. The van der Waals surface area contributed by atoms with Crippen LogP contribution in [0.3, 0.4) is 0 Å². The summed E-state index contributed by atoms with van der Waals surface area (Å²) in [7, 11) is 2.07. The molecule has 1 saturated heterocycles. The van der Waals surface area contributed by atoms with Crippen molar-refractivity contribution in [1.82, 2.24) is 24.8 Å². The fourth-order valence-electron chi connectivity index (χ4n) is 3.95. The van der Waals surface area contributed by atoms with Crippen LogP contribution in [0.1, 0.15) is 30.3 Å². The zero-order valence-corrected chi connectivity index (χ0v) is 20.8. The molecule has 4 aromatic rings. The molecule has 0 radical (unpaired) electrons. The molecule has 1 aromatic carbocycles. The van der Waals surface area contributed by atoms with Crippen LogP contribution < -0.4 is 15.0 Å². The van der Waals surface area contributed by atoms with Gasteiger partial charge in [-0.3, -0.25) is 0 Å². The molecule has 4 heterocycles. The number of fused-ring (bicyclic) bond motifs is 1. The van der Waals surface area contributed by atoms with Crippen molar-refractivity contribution in [1.29, 1.82) is 0 Å². The number of nitrogens with zero attached hydrogens (tertiary/aromatic N) is 5. The summed E-state index contributed by atoms with van der Waals surface area (Å²) >= 11 is 1.53. The van der Waals surface area contributed by atoms with Crippen LogP contribution in [0.15, 0.2) is 24.4 Å². The number of thiazole rings is 1. The molecule has 0 bridgehead atoms. The van der Waals surface area contributed by atoms with Crippen molar-refractivity contribution in [3.8, 4) is 11.8 Å². The quantitative estimate of drug-likeness (QED) is 0.367. The van der Waals surface area contributed by atoms with Gasteiger partial charge in [-0.25, -0.2) is 13.8 Å². The monoisotopic (exact) mass is 499 g/mol. The summed E-state index contributed by atoms with van der Waals surface area (Å²) in [5.41, 5.74) is 1.09. The maximum absolute atomic E-state index is 15.2. The molecule has 11 heteroatoms. The summed E-state index contributed by atoms with van der Waals surface area (Å²) in [6.45, 7) is 9.26. The first kappa shape index (κ1) is 23.4. The smallest absolute Gasteiger partial charge is 0.326 e. The summed E-state index contributed by atoms with van der Waals surface area (Å²) in [5, 5.41) is 4.12. The Bertz CT molecular complexity index is 1360. The van der Waals surface area contributed by atoms with Crippen molar-refractivity contribution in [2.75, 3.05) is 43.4 Å². The Labute approximate surface area is 206 Å². The van der Waals surface area contributed by atoms with Crippen LogP contribution in [0.4, 0.5) is 25.5 Å². The van der Waals surface area contributed by atoms with Crippen LogP contribution in [-0.2, 0) is 0 Å². The molecular weight excluding hydrogens is 472 g/mol. The summed E-state index contributed by atoms with van der Waals surface area (Å²) in [6.07, 6.45) is 1.83. The van der Waals surface area contributed by atoms with Crippen LogP contribution in [0.5, 0.6) is 11.8 Å². The molecule has 0 unspecified atom stereocenters. The highest BCUT2D eigenvalue weighted by Crippen LogP contribution is 2.34. The third-order valence-electron chi connectivity index (χ3n) is 5.95. The van der Waals surface area contributed by atoms with Crippen molar-refractivity contribution >= 4 is 39.0 Å². The number of hydrogen-bond donors (Lipinski definition) is 2. The molecule has 1 aliphatic heterocycles. The van der Waals surface area contributed by atoms with E-state index >= 15 is 4.39 Å². The third-order valence-corrected chi connectivity index (χ3v) is 7.16. The van der Waals surface area contributed by atoms with E-state index in [0.29, 0.717) is 28.2 Å². The Kier molecular flexibility index (Phi) is 6.28. The number of likely N-dealkylation sites (N-methyl/N-ethyl adjacent to an activating group) is 1. The highest BCUT2D eigenvalue weighted by atomic mass is 32.1. The van der Waals surface area contributed by atoms with Crippen LogP contribution in [0.25, 0.3) is 10.9 Å². The Hall–Kier alpha value is -3.31. The van der Waals surface area contributed by atoms with Gasteiger partial charge in [-0.15, -0.1) is 11.3 Å². The van der Waals surface area contributed by atoms with E-state index in [4.69, 9.17) is 4.74 Å². The van der Waals surface area contributed by atoms with Crippen molar-refractivity contribution in [2.45, 2.75) is 26.7 Å². The Morgan fingerprint density at radius 1 is 1.11 bits per heavy atom. The highest BCUT2D eigenvalue weighted by Gasteiger charge is 2.22. The third kappa shape index (κ3) is 4.92. The number of halogens is 2. The predicted octanol–water partition coefficient (Wildman–Crippen LogP) is 5.41. The second-order valence-electron chi connectivity index (χ2n) is 9.05. The number of benzene rings is 1. The van der Waals surface area contributed by atoms with Gasteiger partial charge in [0.1, 0.15) is 11.6 Å². The predicted molar refractivity (Wildman–Crippen MR) is 134 cm³/mol. The number of aromatic amines is 1. The van der Waals surface area contributed by atoms with Gasteiger partial charge in [-0.1, -0.05) is 13.8 Å². The van der Waals surface area contributed by atoms with E-state index in [1.54, 1.807) is 19.1 Å². The molecule has 0 atom stereocenters. The second kappa shape index (κ2) is 9.38. The Morgan fingerprint density at radius 3 is 2.60 bits per heavy atom. The normalized spacial score (nSPS) is 14.8. The molecule has 35 heavy (non-hydrogen) atoms. The minimum atomic E-state index is -0.832. The largest absolute Gasteiger partial charge is 0.418 e. The zero-order valence-electron chi connectivity index (χ0n) is 20.0. The number of hydrogen-bond acceptors (Lipinski definition) is 8. The number of anilines is 3. The standard InChI is InChI=1S/C24H27F2N7OS/c1-13(2)18-12-27-24(35-18)30-19-11-20(33-7-5-32(4)6-8-33)31-23(29-19)34-22-16(25)10-17-15(21(22)26)9-14(3)28-17/h9-13,28H,5-8H2,1-4H3,(H,27,29,30,31). The minimum Gasteiger partial charge on any atom is -0.418 e. The molecule has 1 fully saturated rings. The average Bonchev–Trinajstić information content (AvgIpc) is 3.43. The van der Waals surface area contributed by atoms with Gasteiger partial charge in [0.05, 0.1) is 5.52 Å². The summed E-state index contributed by atoms with van der Waals surface area (Å²) < 4.78 is 35.6. The average molecular weight is 500 g/mol. The lowest BCUT2D eigenvalue weighted by Crippen LogP contribution is -2.44. The van der Waals surface area contributed by atoms with E-state index in [-0.39, 0.29) is 11.4 Å². The molecule has 0 amide bonds. The number of H-pyrrole nitrogens is 1. The van der Waals surface area contributed by atoms with Gasteiger partial charge in [0.15, 0.2) is 16.8 Å². The van der Waals surface area contributed by atoms with E-state index in [1.165, 1.54) is 17.4 Å². The Morgan fingerprint density at radius 2 is 1.89 bits per heavy atom. The minimum absolute atomic E-state index is 0.144. The molecule has 0 saturated carbocycles. The molecule has 5 rings (SSSR count). The number of aryl methyl sites for hydroxylation is 1. The van der Waals surface area contributed by atoms with Crippen LogP contribution >= 0.6 is 11.3 Å².